The number of aromatic nitrogens is 2. The number of methoxy groups -OCH3 is 1. The molecule has 6 nitrogen and oxygen atoms in total. The van der Waals surface area contributed by atoms with Gasteiger partial charge in [0.05, 0.1) is 37.2 Å². The Morgan fingerprint density at radius 3 is 2.45 bits per heavy atom. The molecule has 0 bridgehead atoms. The Bertz CT molecular complexity index is 917. The third-order valence-corrected chi connectivity index (χ3v) is 4.76. The standard InChI is InChI=1S/C23H27N3O3/c1-4-5-14-29-20-12-8-18(9-13-20)22-21(15-24-26-22)23(27)25-16(2)17-6-10-19(28-3)11-7-17/h6-13,15-16H,4-5,14H2,1-3H3,(H,24,26)(H,25,27)/t16-/m1/s1. The highest BCUT2D eigenvalue weighted by Gasteiger charge is 2.18. The van der Waals surface area contributed by atoms with Gasteiger partial charge in [0.25, 0.3) is 5.91 Å². The second kappa shape index (κ2) is 9.78. The monoisotopic (exact) mass is 393 g/mol. The number of nitrogens with zero attached hydrogens (tertiary/aromatic N) is 1. The number of rotatable bonds is 9. The summed E-state index contributed by atoms with van der Waals surface area (Å²) in [7, 11) is 1.63. The lowest BCUT2D eigenvalue weighted by Gasteiger charge is -2.15. The van der Waals surface area contributed by atoms with E-state index in [1.807, 2.05) is 55.5 Å². The van der Waals surface area contributed by atoms with Crippen molar-refractivity contribution in [3.05, 3.63) is 65.9 Å². The van der Waals surface area contributed by atoms with E-state index in [1.54, 1.807) is 13.3 Å². The molecule has 1 aromatic heterocycles. The van der Waals surface area contributed by atoms with Gasteiger partial charge in [0.1, 0.15) is 11.5 Å². The van der Waals surface area contributed by atoms with Gasteiger partial charge in [-0.25, -0.2) is 0 Å². The Hall–Kier alpha value is -3.28. The van der Waals surface area contributed by atoms with E-state index in [0.29, 0.717) is 17.9 Å². The van der Waals surface area contributed by atoms with Gasteiger partial charge in [-0.3, -0.25) is 9.89 Å². The first-order chi connectivity index (χ1) is 14.1. The van der Waals surface area contributed by atoms with Crippen LogP contribution >= 0.6 is 0 Å². The van der Waals surface area contributed by atoms with Gasteiger partial charge in [0, 0.05) is 5.56 Å². The summed E-state index contributed by atoms with van der Waals surface area (Å²) in [6.07, 6.45) is 3.68. The minimum atomic E-state index is -0.180. The molecule has 0 aliphatic heterocycles. The summed E-state index contributed by atoms with van der Waals surface area (Å²) in [5.41, 5.74) is 3.07. The molecule has 0 radical (unpaired) electrons. The van der Waals surface area contributed by atoms with Gasteiger partial charge in [-0.2, -0.15) is 5.10 Å². The van der Waals surface area contributed by atoms with Crippen LogP contribution in [-0.2, 0) is 0 Å². The average Bonchev–Trinajstić information content (AvgIpc) is 3.24. The predicted octanol–water partition coefficient (Wildman–Crippen LogP) is 4.76. The number of carbonyl (C=O) groups excluding carboxylic acids is 1. The summed E-state index contributed by atoms with van der Waals surface area (Å²) in [5, 5.41) is 10.0. The molecule has 2 N–H and O–H groups in total. The van der Waals surface area contributed by atoms with Gasteiger partial charge in [-0.15, -0.1) is 0 Å². The van der Waals surface area contributed by atoms with E-state index >= 15 is 0 Å². The van der Waals surface area contributed by atoms with Gasteiger partial charge < -0.3 is 14.8 Å². The number of unbranched alkanes of at least 4 members (excludes halogenated alkanes) is 1. The van der Waals surface area contributed by atoms with E-state index in [9.17, 15) is 4.79 Å². The van der Waals surface area contributed by atoms with Crippen LogP contribution in [0.4, 0.5) is 0 Å². The van der Waals surface area contributed by atoms with Crippen molar-refractivity contribution in [3.63, 3.8) is 0 Å². The van der Waals surface area contributed by atoms with Crippen LogP contribution in [0, 0.1) is 0 Å². The molecule has 0 spiro atoms. The molecule has 1 heterocycles. The number of hydrogen-bond donors (Lipinski definition) is 2. The zero-order valence-corrected chi connectivity index (χ0v) is 17.1. The highest BCUT2D eigenvalue weighted by atomic mass is 16.5. The first-order valence-corrected chi connectivity index (χ1v) is 9.83. The highest BCUT2D eigenvalue weighted by Crippen LogP contribution is 2.25. The molecule has 2 aromatic carbocycles. The minimum Gasteiger partial charge on any atom is -0.497 e. The Morgan fingerprint density at radius 1 is 1.10 bits per heavy atom. The maximum atomic E-state index is 12.8. The van der Waals surface area contributed by atoms with E-state index < -0.39 is 0 Å². The number of nitrogens with one attached hydrogen (secondary N) is 2. The SMILES string of the molecule is CCCCOc1ccc(-c2[nH]ncc2C(=O)N[C@H](C)c2ccc(OC)cc2)cc1. The molecule has 152 valence electrons. The van der Waals surface area contributed by atoms with Crippen molar-refractivity contribution in [2.24, 2.45) is 0 Å². The van der Waals surface area contributed by atoms with Crippen LogP contribution in [0.3, 0.4) is 0 Å². The molecular weight excluding hydrogens is 366 g/mol. The molecule has 0 fully saturated rings. The summed E-state index contributed by atoms with van der Waals surface area (Å²) in [5.74, 6) is 1.42. The van der Waals surface area contributed by atoms with Crippen LogP contribution in [-0.4, -0.2) is 29.8 Å². The van der Waals surface area contributed by atoms with Crippen molar-refractivity contribution >= 4 is 5.91 Å². The number of benzene rings is 2. The number of ether oxygens (including phenoxy) is 2. The second-order valence-corrected chi connectivity index (χ2v) is 6.85. The summed E-state index contributed by atoms with van der Waals surface area (Å²) in [6, 6.07) is 15.2. The molecule has 1 amide bonds. The maximum Gasteiger partial charge on any atom is 0.255 e. The minimum absolute atomic E-state index is 0.148. The average molecular weight is 393 g/mol. The molecule has 6 heteroatoms. The lowest BCUT2D eigenvalue weighted by Crippen LogP contribution is -2.26. The van der Waals surface area contributed by atoms with E-state index in [1.165, 1.54) is 0 Å². The van der Waals surface area contributed by atoms with Gasteiger partial charge in [0.15, 0.2) is 0 Å². The topological polar surface area (TPSA) is 76.2 Å². The molecule has 0 saturated carbocycles. The summed E-state index contributed by atoms with van der Waals surface area (Å²) < 4.78 is 10.9. The van der Waals surface area contributed by atoms with E-state index in [0.717, 1.165) is 35.5 Å². The van der Waals surface area contributed by atoms with Crippen LogP contribution in [0.25, 0.3) is 11.3 Å². The fraction of sp³-hybridized carbons (Fsp3) is 0.304. The summed E-state index contributed by atoms with van der Waals surface area (Å²) >= 11 is 0. The number of aromatic amines is 1. The predicted molar refractivity (Wildman–Crippen MR) is 113 cm³/mol. The lowest BCUT2D eigenvalue weighted by molar-refractivity contribution is 0.0940. The second-order valence-electron chi connectivity index (χ2n) is 6.85. The van der Waals surface area contributed by atoms with Crippen LogP contribution in [0.15, 0.2) is 54.7 Å². The number of amides is 1. The van der Waals surface area contributed by atoms with Crippen molar-refractivity contribution < 1.29 is 14.3 Å². The third-order valence-electron chi connectivity index (χ3n) is 4.76. The fourth-order valence-corrected chi connectivity index (χ4v) is 2.98. The zero-order valence-electron chi connectivity index (χ0n) is 17.1. The van der Waals surface area contributed by atoms with Crippen molar-refractivity contribution in [2.75, 3.05) is 13.7 Å². The van der Waals surface area contributed by atoms with Gasteiger partial charge in [0.2, 0.25) is 0 Å². The van der Waals surface area contributed by atoms with E-state index in [4.69, 9.17) is 9.47 Å². The van der Waals surface area contributed by atoms with Crippen LogP contribution < -0.4 is 14.8 Å². The lowest BCUT2D eigenvalue weighted by atomic mass is 10.1. The molecule has 0 aliphatic rings. The molecule has 1 atom stereocenters. The Balaban J connectivity index is 1.69. The van der Waals surface area contributed by atoms with E-state index in [-0.39, 0.29) is 11.9 Å². The van der Waals surface area contributed by atoms with Crippen molar-refractivity contribution in [2.45, 2.75) is 32.7 Å². The van der Waals surface area contributed by atoms with Gasteiger partial charge in [-0.05, 0) is 55.3 Å². The largest absolute Gasteiger partial charge is 0.497 e. The molecular formula is C23H27N3O3. The van der Waals surface area contributed by atoms with Crippen molar-refractivity contribution in [1.29, 1.82) is 0 Å². The van der Waals surface area contributed by atoms with Crippen LogP contribution in [0.2, 0.25) is 0 Å². The molecule has 29 heavy (non-hydrogen) atoms. The van der Waals surface area contributed by atoms with Crippen LogP contribution in [0.1, 0.15) is 48.7 Å². The zero-order chi connectivity index (χ0) is 20.6. The Kier molecular flexibility index (Phi) is 6.89. The third kappa shape index (κ3) is 5.16. The molecule has 3 aromatic rings. The van der Waals surface area contributed by atoms with Crippen LogP contribution in [0.5, 0.6) is 11.5 Å². The Labute approximate surface area is 171 Å². The quantitative estimate of drug-likeness (QED) is 0.514. The first-order valence-electron chi connectivity index (χ1n) is 9.83. The summed E-state index contributed by atoms with van der Waals surface area (Å²) in [6.45, 7) is 4.78. The molecule has 0 aliphatic carbocycles. The smallest absolute Gasteiger partial charge is 0.255 e. The Morgan fingerprint density at radius 2 is 1.79 bits per heavy atom. The first kappa shape index (κ1) is 20.5. The fourth-order valence-electron chi connectivity index (χ4n) is 2.98. The van der Waals surface area contributed by atoms with Gasteiger partial charge >= 0.3 is 0 Å². The number of carbonyl (C=O) groups is 1. The van der Waals surface area contributed by atoms with Crippen molar-refractivity contribution in [1.82, 2.24) is 15.5 Å². The van der Waals surface area contributed by atoms with Gasteiger partial charge in [-0.1, -0.05) is 25.5 Å². The maximum absolute atomic E-state index is 12.8. The molecule has 3 rings (SSSR count). The summed E-state index contributed by atoms with van der Waals surface area (Å²) in [4.78, 5) is 12.8. The highest BCUT2D eigenvalue weighted by molar-refractivity contribution is 5.99. The van der Waals surface area contributed by atoms with E-state index in [2.05, 4.69) is 22.4 Å². The number of H-pyrrole nitrogens is 1. The number of hydrogen-bond acceptors (Lipinski definition) is 4. The molecule has 0 unspecified atom stereocenters. The van der Waals surface area contributed by atoms with Crippen molar-refractivity contribution in [3.8, 4) is 22.8 Å². The normalized spacial score (nSPS) is 11.7. The molecule has 0 saturated heterocycles.